The molecule has 1 aromatic rings. The molecule has 1 aromatic heterocycles. The third kappa shape index (κ3) is 13.3. The van der Waals surface area contributed by atoms with Gasteiger partial charge in [-0.15, -0.1) is 0 Å². The molecule has 0 unspecified atom stereocenters. The molecule has 2 N–H and O–H groups in total. The highest BCUT2D eigenvalue weighted by Gasteiger charge is 2.10. The van der Waals surface area contributed by atoms with Gasteiger partial charge in [0.2, 0.25) is 0 Å². The smallest absolute Gasteiger partial charge is 0.433 e. The first-order valence-corrected chi connectivity index (χ1v) is 4.29. The number of nitro groups is 1. The summed E-state index contributed by atoms with van der Waals surface area (Å²) in [7, 11) is 0. The van der Waals surface area contributed by atoms with E-state index in [2.05, 4.69) is 4.42 Å². The Balaban J connectivity index is 0. The van der Waals surface area contributed by atoms with Gasteiger partial charge in [0.25, 0.3) is 11.9 Å². The van der Waals surface area contributed by atoms with Gasteiger partial charge in [-0.3, -0.25) is 24.5 Å². The van der Waals surface area contributed by atoms with Gasteiger partial charge in [0, 0.05) is 13.8 Å². The van der Waals surface area contributed by atoms with E-state index in [9.17, 15) is 14.9 Å². The van der Waals surface area contributed by atoms with E-state index < -0.39 is 22.7 Å². The number of aldehydes is 1. The van der Waals surface area contributed by atoms with Crippen LogP contribution in [0.3, 0.4) is 0 Å². The molecule has 18 heavy (non-hydrogen) atoms. The second kappa shape index (κ2) is 9.51. The zero-order valence-corrected chi connectivity index (χ0v) is 9.52. The van der Waals surface area contributed by atoms with Gasteiger partial charge in [-0.25, -0.2) is 0 Å². The van der Waals surface area contributed by atoms with Crippen LogP contribution in [0, 0.1) is 10.1 Å². The van der Waals surface area contributed by atoms with E-state index in [0.29, 0.717) is 6.29 Å². The molecule has 0 aliphatic carbocycles. The summed E-state index contributed by atoms with van der Waals surface area (Å²) < 4.78 is 4.43. The molecule has 0 atom stereocenters. The van der Waals surface area contributed by atoms with Crippen LogP contribution >= 0.6 is 0 Å². The number of furan rings is 1. The molecule has 0 bridgehead atoms. The number of nitrogens with zero attached hydrogens (tertiary/aromatic N) is 1. The quantitative estimate of drug-likeness (QED) is 0.458. The molecule has 100 valence electrons. The summed E-state index contributed by atoms with van der Waals surface area (Å²) >= 11 is 0. The van der Waals surface area contributed by atoms with E-state index in [1.807, 2.05) is 0 Å². The van der Waals surface area contributed by atoms with Crippen molar-refractivity contribution in [2.75, 3.05) is 0 Å². The van der Waals surface area contributed by atoms with E-state index in [1.165, 1.54) is 6.07 Å². The molecule has 9 heteroatoms. The van der Waals surface area contributed by atoms with Crippen LogP contribution in [0.1, 0.15) is 24.4 Å². The zero-order chi connectivity index (χ0) is 14.7. The maximum Gasteiger partial charge on any atom is 0.433 e. The molecule has 1 heterocycles. The van der Waals surface area contributed by atoms with Crippen LogP contribution in [0.2, 0.25) is 0 Å². The highest BCUT2D eigenvalue weighted by molar-refractivity contribution is 5.70. The van der Waals surface area contributed by atoms with Crippen molar-refractivity contribution < 1.29 is 33.9 Å². The second-order valence-electron chi connectivity index (χ2n) is 2.59. The fourth-order valence-electron chi connectivity index (χ4n) is 0.504. The average Bonchev–Trinajstić information content (AvgIpc) is 2.63. The third-order valence-corrected chi connectivity index (χ3v) is 0.909. The molecular weight excluding hydrogens is 250 g/mol. The maximum absolute atomic E-state index is 9.93. The van der Waals surface area contributed by atoms with Gasteiger partial charge in [0.15, 0.2) is 12.0 Å². The summed E-state index contributed by atoms with van der Waals surface area (Å²) in [5, 5.41) is 24.8. The number of hydrogen-bond donors (Lipinski definition) is 2. The molecule has 9 nitrogen and oxygen atoms in total. The molecule has 0 aliphatic heterocycles. The van der Waals surface area contributed by atoms with Gasteiger partial charge in [-0.1, -0.05) is 0 Å². The molecule has 0 amide bonds. The Hall–Kier alpha value is -2.71. The molecule has 0 aromatic carbocycles. The van der Waals surface area contributed by atoms with Crippen molar-refractivity contribution in [3.05, 3.63) is 28.0 Å². The largest absolute Gasteiger partial charge is 0.481 e. The predicted octanol–water partition coefficient (Wildman–Crippen LogP) is 1.18. The lowest BCUT2D eigenvalue weighted by Gasteiger charge is -1.79. The van der Waals surface area contributed by atoms with Crippen LogP contribution in [0.25, 0.3) is 0 Å². The number of hydrogen-bond acceptors (Lipinski definition) is 6. The molecule has 0 aliphatic rings. The van der Waals surface area contributed by atoms with E-state index in [0.717, 1.165) is 19.9 Å². The van der Waals surface area contributed by atoms with Crippen LogP contribution in [0.15, 0.2) is 16.5 Å². The van der Waals surface area contributed by atoms with Gasteiger partial charge < -0.3 is 14.6 Å². The summed E-state index contributed by atoms with van der Waals surface area (Å²) in [6.07, 6.45) is 0.410. The highest BCUT2D eigenvalue weighted by Crippen LogP contribution is 2.13. The molecule has 1 rings (SSSR count). The van der Waals surface area contributed by atoms with Crippen LogP contribution < -0.4 is 0 Å². The van der Waals surface area contributed by atoms with Gasteiger partial charge in [-0.2, -0.15) is 0 Å². The topological polar surface area (TPSA) is 148 Å². The molecule has 0 fully saturated rings. The van der Waals surface area contributed by atoms with Gasteiger partial charge in [-0.05, 0) is 6.07 Å². The number of carbonyl (C=O) groups is 3. The minimum absolute atomic E-state index is 0.0355. The van der Waals surface area contributed by atoms with Crippen LogP contribution in [0.4, 0.5) is 5.88 Å². The first kappa shape index (κ1) is 17.7. The van der Waals surface area contributed by atoms with Crippen molar-refractivity contribution >= 4 is 24.1 Å². The summed E-state index contributed by atoms with van der Waals surface area (Å²) in [6.45, 7) is 2.17. The number of aliphatic carboxylic acids is 2. The van der Waals surface area contributed by atoms with Crippen LogP contribution in [-0.4, -0.2) is 33.4 Å². The fourth-order valence-corrected chi connectivity index (χ4v) is 0.504. The maximum atomic E-state index is 9.93. The molecule has 0 radical (unpaired) electrons. The lowest BCUT2D eigenvalue weighted by molar-refractivity contribution is -0.402. The van der Waals surface area contributed by atoms with Crippen LogP contribution in [-0.2, 0) is 9.59 Å². The molecule has 0 saturated carbocycles. The lowest BCUT2D eigenvalue weighted by Crippen LogP contribution is -1.82. The molecular formula is C9H11NO8. The van der Waals surface area contributed by atoms with Crippen molar-refractivity contribution in [3.63, 3.8) is 0 Å². The van der Waals surface area contributed by atoms with Crippen molar-refractivity contribution in [2.24, 2.45) is 0 Å². The van der Waals surface area contributed by atoms with Gasteiger partial charge in [0.05, 0.1) is 6.07 Å². The number of carboxylic acid groups (broad SMARTS) is 2. The Morgan fingerprint density at radius 1 is 1.28 bits per heavy atom. The predicted molar refractivity (Wildman–Crippen MR) is 57.4 cm³/mol. The minimum atomic E-state index is -0.833. The summed E-state index contributed by atoms with van der Waals surface area (Å²) in [4.78, 5) is 37.2. The van der Waals surface area contributed by atoms with Gasteiger partial charge >= 0.3 is 5.88 Å². The van der Waals surface area contributed by atoms with E-state index >= 15 is 0 Å². The van der Waals surface area contributed by atoms with E-state index in [4.69, 9.17) is 19.8 Å². The highest BCUT2D eigenvalue weighted by atomic mass is 16.6. The third-order valence-electron chi connectivity index (χ3n) is 0.909. The molecule has 0 spiro atoms. The Bertz CT molecular complexity index is 402. The second-order valence-corrected chi connectivity index (χ2v) is 2.59. The van der Waals surface area contributed by atoms with Crippen molar-refractivity contribution in [2.45, 2.75) is 13.8 Å². The lowest BCUT2D eigenvalue weighted by atomic mass is 10.5. The average molecular weight is 261 g/mol. The van der Waals surface area contributed by atoms with E-state index in [-0.39, 0.29) is 5.76 Å². The zero-order valence-electron chi connectivity index (χ0n) is 9.52. The van der Waals surface area contributed by atoms with Crippen molar-refractivity contribution in [3.8, 4) is 0 Å². The Morgan fingerprint density at radius 2 is 1.67 bits per heavy atom. The Kier molecular flexibility index (Phi) is 9.34. The summed E-state index contributed by atoms with van der Waals surface area (Å²) in [5.74, 6) is -2.12. The van der Waals surface area contributed by atoms with Gasteiger partial charge in [0.1, 0.15) is 4.92 Å². The minimum Gasteiger partial charge on any atom is -0.481 e. The standard InChI is InChI=1S/C5H3NO4.2C2H4O2/c7-3-4-1-2-5(10-4)6(8)9;2*1-2(3)4/h1-3H;2*1H3,(H,3,4). The number of carboxylic acids is 2. The monoisotopic (exact) mass is 261 g/mol. The summed E-state index contributed by atoms with van der Waals surface area (Å²) in [5.41, 5.74) is 0. The number of rotatable bonds is 2. The van der Waals surface area contributed by atoms with Crippen molar-refractivity contribution in [1.29, 1.82) is 0 Å². The van der Waals surface area contributed by atoms with Crippen LogP contribution in [0.5, 0.6) is 0 Å². The Labute approximate surface area is 101 Å². The fraction of sp³-hybridized carbons (Fsp3) is 0.222. The van der Waals surface area contributed by atoms with E-state index in [1.54, 1.807) is 0 Å². The number of carbonyl (C=O) groups excluding carboxylic acids is 1. The Morgan fingerprint density at radius 3 is 1.83 bits per heavy atom. The normalized spacial score (nSPS) is 7.89. The van der Waals surface area contributed by atoms with Crippen molar-refractivity contribution in [1.82, 2.24) is 0 Å². The SMILES string of the molecule is CC(=O)O.CC(=O)O.O=Cc1ccc([N+](=O)[O-])o1. The first-order chi connectivity index (χ1) is 8.20. The molecule has 0 saturated heterocycles. The first-order valence-electron chi connectivity index (χ1n) is 4.29. The summed E-state index contributed by atoms with van der Waals surface area (Å²) in [6, 6.07) is 2.37.